The Hall–Kier alpha value is -2.33. The summed E-state index contributed by atoms with van der Waals surface area (Å²) in [5, 5.41) is 1.44. The summed E-state index contributed by atoms with van der Waals surface area (Å²) >= 11 is 0. The zero-order chi connectivity index (χ0) is 19.8. The quantitative estimate of drug-likeness (QED) is 0.763. The van der Waals surface area contributed by atoms with Gasteiger partial charge in [-0.05, 0) is 64.4 Å². The second kappa shape index (κ2) is 10.1. The minimum absolute atomic E-state index is 0.432. The third-order valence-electron chi connectivity index (χ3n) is 4.78. The second-order valence-electron chi connectivity index (χ2n) is 7.51. The molecule has 0 spiro atoms. The van der Waals surface area contributed by atoms with Crippen molar-refractivity contribution in [1.29, 1.82) is 0 Å². The average molecular weight is 368 g/mol. The van der Waals surface area contributed by atoms with Crippen LogP contribution in [0.3, 0.4) is 0 Å². The molecule has 1 aromatic carbocycles. The van der Waals surface area contributed by atoms with Gasteiger partial charge in [0.05, 0.1) is 0 Å². The van der Waals surface area contributed by atoms with E-state index >= 15 is 0 Å². The Morgan fingerprint density at radius 3 is 2.67 bits per heavy atom. The van der Waals surface area contributed by atoms with E-state index in [1.807, 2.05) is 23.4 Å². The first-order valence-electron chi connectivity index (χ1n) is 9.78. The first-order chi connectivity index (χ1) is 13.0. The number of hydrogen-bond acceptors (Lipinski definition) is 3. The lowest BCUT2D eigenvalue weighted by Crippen LogP contribution is -2.21. The van der Waals surface area contributed by atoms with Crippen LogP contribution in [0.5, 0.6) is 0 Å². The topological polar surface area (TPSA) is 39.3 Å². The first-order valence-corrected chi connectivity index (χ1v) is 9.78. The fraction of sp³-hybridized carbons (Fsp3) is 0.435. The van der Waals surface area contributed by atoms with Gasteiger partial charge in [0.1, 0.15) is 6.29 Å². The molecule has 27 heavy (non-hydrogen) atoms. The number of aryl methyl sites for hydroxylation is 1. The van der Waals surface area contributed by atoms with Crippen LogP contribution in [-0.2, 0) is 17.6 Å². The number of carbonyl (C=O) groups excluding carboxylic acids is 1. The molecule has 1 N–H and O–H groups in total. The molecule has 0 amide bonds. The number of benzene rings is 1. The van der Waals surface area contributed by atoms with Crippen LogP contribution in [0.2, 0.25) is 0 Å². The van der Waals surface area contributed by atoms with Gasteiger partial charge < -0.3 is 14.8 Å². The molecule has 2 heterocycles. The maximum absolute atomic E-state index is 10.4. The number of aldehydes is 1. The average Bonchev–Trinajstić information content (AvgIpc) is 3.10. The summed E-state index contributed by atoms with van der Waals surface area (Å²) in [5.41, 5.74) is 5.02. The van der Waals surface area contributed by atoms with Gasteiger partial charge in [0, 0.05) is 47.7 Å². The number of allylic oxidation sites excluding steroid dienone is 2. The Labute approximate surface area is 163 Å². The minimum atomic E-state index is 0.432. The van der Waals surface area contributed by atoms with Gasteiger partial charge in [-0.3, -0.25) is 4.79 Å². The lowest BCUT2D eigenvalue weighted by atomic mass is 10.0. The third kappa shape index (κ3) is 5.83. The molecule has 0 atom stereocenters. The van der Waals surface area contributed by atoms with E-state index in [-0.39, 0.29) is 0 Å². The minimum Gasteiger partial charge on any atom is -0.361 e. The molecule has 0 fully saturated rings. The number of aromatic nitrogens is 1. The van der Waals surface area contributed by atoms with Crippen LogP contribution >= 0.6 is 0 Å². The van der Waals surface area contributed by atoms with E-state index in [1.54, 1.807) is 0 Å². The SMILES string of the molecule is CC(C)N1C=CCC(C=O)=C1.CCc1cccc2[nH]cc(CCN(C)C)c12. The van der Waals surface area contributed by atoms with Gasteiger partial charge in [0.15, 0.2) is 0 Å². The zero-order valence-corrected chi connectivity index (χ0v) is 17.3. The van der Waals surface area contributed by atoms with Gasteiger partial charge in [0.25, 0.3) is 0 Å². The van der Waals surface area contributed by atoms with Crippen LogP contribution in [0.15, 0.2) is 48.4 Å². The highest BCUT2D eigenvalue weighted by Gasteiger charge is 2.07. The Bertz CT molecular complexity index is 799. The Kier molecular flexibility index (Phi) is 7.86. The summed E-state index contributed by atoms with van der Waals surface area (Å²) in [6.45, 7) is 7.51. The first kappa shape index (κ1) is 21.0. The highest BCUT2D eigenvalue weighted by atomic mass is 16.1. The predicted octanol–water partition coefficient (Wildman–Crippen LogP) is 4.53. The van der Waals surface area contributed by atoms with Crippen molar-refractivity contribution in [2.45, 2.75) is 46.1 Å². The van der Waals surface area contributed by atoms with E-state index < -0.39 is 0 Å². The van der Waals surface area contributed by atoms with Crippen molar-refractivity contribution in [3.05, 3.63) is 59.6 Å². The van der Waals surface area contributed by atoms with Crippen LogP contribution in [0, 0.1) is 0 Å². The molecular formula is C23H33N3O. The van der Waals surface area contributed by atoms with Gasteiger partial charge in [-0.15, -0.1) is 0 Å². The third-order valence-corrected chi connectivity index (χ3v) is 4.78. The molecule has 4 nitrogen and oxygen atoms in total. The summed E-state index contributed by atoms with van der Waals surface area (Å²) in [6.07, 6.45) is 12.0. The van der Waals surface area contributed by atoms with Crippen molar-refractivity contribution >= 4 is 17.2 Å². The number of H-pyrrole nitrogens is 1. The maximum atomic E-state index is 10.4. The summed E-state index contributed by atoms with van der Waals surface area (Å²) < 4.78 is 0. The molecule has 2 aromatic rings. The normalized spacial score (nSPS) is 13.7. The molecule has 1 aromatic heterocycles. The maximum Gasteiger partial charge on any atom is 0.147 e. The van der Waals surface area contributed by atoms with E-state index in [0.717, 1.165) is 37.7 Å². The highest BCUT2D eigenvalue weighted by Crippen LogP contribution is 2.23. The smallest absolute Gasteiger partial charge is 0.147 e. The van der Waals surface area contributed by atoms with Crippen molar-refractivity contribution in [3.8, 4) is 0 Å². The largest absolute Gasteiger partial charge is 0.361 e. The number of carbonyl (C=O) groups is 1. The van der Waals surface area contributed by atoms with Crippen LogP contribution < -0.4 is 0 Å². The Morgan fingerprint density at radius 2 is 2.04 bits per heavy atom. The van der Waals surface area contributed by atoms with Crippen molar-refractivity contribution in [2.75, 3.05) is 20.6 Å². The molecule has 1 aliphatic heterocycles. The van der Waals surface area contributed by atoms with E-state index in [4.69, 9.17) is 0 Å². The van der Waals surface area contributed by atoms with Crippen LogP contribution in [0.1, 0.15) is 38.3 Å². The molecule has 0 bridgehead atoms. The number of fused-ring (bicyclic) bond motifs is 1. The van der Waals surface area contributed by atoms with Crippen molar-refractivity contribution < 1.29 is 4.79 Å². The number of rotatable bonds is 6. The second-order valence-corrected chi connectivity index (χ2v) is 7.51. The molecule has 0 saturated carbocycles. The molecule has 4 heteroatoms. The monoisotopic (exact) mass is 367 g/mol. The molecule has 0 unspecified atom stereocenters. The van der Waals surface area contributed by atoms with E-state index in [2.05, 4.69) is 69.1 Å². The van der Waals surface area contributed by atoms with E-state index in [0.29, 0.717) is 6.04 Å². The Balaban J connectivity index is 0.000000208. The Morgan fingerprint density at radius 1 is 1.26 bits per heavy atom. The molecule has 0 radical (unpaired) electrons. The number of likely N-dealkylation sites (N-methyl/N-ethyl adjacent to an activating group) is 1. The fourth-order valence-electron chi connectivity index (χ4n) is 3.17. The van der Waals surface area contributed by atoms with E-state index in [1.165, 1.54) is 22.0 Å². The van der Waals surface area contributed by atoms with Crippen molar-refractivity contribution in [2.24, 2.45) is 0 Å². The van der Waals surface area contributed by atoms with Gasteiger partial charge in [-0.2, -0.15) is 0 Å². The van der Waals surface area contributed by atoms with Gasteiger partial charge >= 0.3 is 0 Å². The molecule has 1 aliphatic rings. The predicted molar refractivity (Wildman–Crippen MR) is 115 cm³/mol. The highest BCUT2D eigenvalue weighted by molar-refractivity contribution is 5.86. The van der Waals surface area contributed by atoms with Crippen LogP contribution in [0.25, 0.3) is 10.9 Å². The molecule has 146 valence electrons. The van der Waals surface area contributed by atoms with Gasteiger partial charge in [-0.1, -0.05) is 25.1 Å². The van der Waals surface area contributed by atoms with Gasteiger partial charge in [-0.25, -0.2) is 0 Å². The van der Waals surface area contributed by atoms with Gasteiger partial charge in [0.2, 0.25) is 0 Å². The lowest BCUT2D eigenvalue weighted by Gasteiger charge is -2.23. The van der Waals surface area contributed by atoms with Crippen molar-refractivity contribution in [3.63, 3.8) is 0 Å². The van der Waals surface area contributed by atoms with E-state index in [9.17, 15) is 4.79 Å². The number of nitrogens with zero attached hydrogens (tertiary/aromatic N) is 2. The fourth-order valence-corrected chi connectivity index (χ4v) is 3.17. The molecule has 3 rings (SSSR count). The lowest BCUT2D eigenvalue weighted by molar-refractivity contribution is -0.105. The molecule has 0 aliphatic carbocycles. The number of aromatic amines is 1. The van der Waals surface area contributed by atoms with Crippen molar-refractivity contribution in [1.82, 2.24) is 14.8 Å². The number of hydrogen-bond donors (Lipinski definition) is 1. The molecule has 0 saturated heterocycles. The summed E-state index contributed by atoms with van der Waals surface area (Å²) in [4.78, 5) is 18.0. The standard InChI is InChI=1S/C14H20N2.C9H13NO/c1-4-11-6-5-7-13-14(11)12(10-15-13)8-9-16(2)3;1-8(2)10-5-3-4-9(6-10)7-11/h5-7,10,15H,4,8-9H2,1-3H3;3,5-8H,4H2,1-2H3. The number of nitrogens with one attached hydrogen (secondary N) is 1. The summed E-state index contributed by atoms with van der Waals surface area (Å²) in [5.74, 6) is 0. The zero-order valence-electron chi connectivity index (χ0n) is 17.3. The summed E-state index contributed by atoms with van der Waals surface area (Å²) in [6, 6.07) is 6.96. The van der Waals surface area contributed by atoms with Crippen LogP contribution in [0.4, 0.5) is 0 Å². The summed E-state index contributed by atoms with van der Waals surface area (Å²) in [7, 11) is 4.24. The molecular weight excluding hydrogens is 334 g/mol. The van der Waals surface area contributed by atoms with Crippen LogP contribution in [-0.4, -0.2) is 47.8 Å².